The van der Waals surface area contributed by atoms with Gasteiger partial charge in [-0.25, -0.2) is 4.98 Å². The summed E-state index contributed by atoms with van der Waals surface area (Å²) < 4.78 is 5.23. The van der Waals surface area contributed by atoms with Crippen LogP contribution in [0.5, 0.6) is 5.75 Å². The van der Waals surface area contributed by atoms with Crippen molar-refractivity contribution < 1.29 is 9.53 Å². The average molecular weight is 418 g/mol. The Labute approximate surface area is 181 Å². The van der Waals surface area contributed by atoms with Gasteiger partial charge in [-0.1, -0.05) is 26.0 Å². The van der Waals surface area contributed by atoms with Gasteiger partial charge in [-0.2, -0.15) is 5.10 Å². The number of aromatic amines is 2. The number of rotatable bonds is 7. The lowest BCUT2D eigenvalue weighted by Crippen LogP contribution is -2.33. The number of carbonyl (C=O) groups is 1. The molecule has 0 fully saturated rings. The molecular formula is C24H27N5O2. The molecular weight excluding hydrogens is 390 g/mol. The zero-order valence-electron chi connectivity index (χ0n) is 18.2. The maximum absolute atomic E-state index is 13.0. The molecule has 2 heterocycles. The minimum Gasteiger partial charge on any atom is -0.497 e. The minimum absolute atomic E-state index is 0.0709. The van der Waals surface area contributed by atoms with E-state index in [-0.39, 0.29) is 24.3 Å². The summed E-state index contributed by atoms with van der Waals surface area (Å²) in [6.45, 7) is 6.08. The van der Waals surface area contributed by atoms with E-state index in [1.165, 1.54) is 0 Å². The first-order valence-electron chi connectivity index (χ1n) is 10.4. The molecule has 0 aliphatic carbocycles. The van der Waals surface area contributed by atoms with Gasteiger partial charge in [0, 0.05) is 16.8 Å². The van der Waals surface area contributed by atoms with Crippen LogP contribution in [-0.2, 0) is 11.2 Å². The molecule has 31 heavy (non-hydrogen) atoms. The number of para-hydroxylation sites is 2. The number of aromatic nitrogens is 4. The van der Waals surface area contributed by atoms with Crippen molar-refractivity contribution in [1.29, 1.82) is 0 Å². The molecule has 1 atom stereocenters. The Hall–Kier alpha value is -3.61. The van der Waals surface area contributed by atoms with Crippen LogP contribution in [0.15, 0.2) is 48.5 Å². The molecule has 3 N–H and O–H groups in total. The van der Waals surface area contributed by atoms with Crippen molar-refractivity contribution in [2.24, 2.45) is 5.92 Å². The third kappa shape index (κ3) is 4.30. The smallest absolute Gasteiger partial charge is 0.225 e. The van der Waals surface area contributed by atoms with E-state index in [1.807, 2.05) is 55.5 Å². The van der Waals surface area contributed by atoms with Crippen LogP contribution in [-0.4, -0.2) is 33.2 Å². The van der Waals surface area contributed by atoms with E-state index in [0.717, 1.165) is 45.1 Å². The second-order valence-electron chi connectivity index (χ2n) is 8.01. The molecule has 7 nitrogen and oxygen atoms in total. The van der Waals surface area contributed by atoms with Gasteiger partial charge in [0.25, 0.3) is 0 Å². The largest absolute Gasteiger partial charge is 0.497 e. The van der Waals surface area contributed by atoms with Crippen LogP contribution in [0.4, 0.5) is 0 Å². The summed E-state index contributed by atoms with van der Waals surface area (Å²) in [5.74, 6) is 1.65. The fourth-order valence-corrected chi connectivity index (χ4v) is 3.71. The number of fused-ring (bicyclic) bond motifs is 1. The fraction of sp³-hybridized carbons (Fsp3) is 0.292. The van der Waals surface area contributed by atoms with Crippen LogP contribution in [0.1, 0.15) is 37.0 Å². The van der Waals surface area contributed by atoms with Crippen molar-refractivity contribution in [2.75, 3.05) is 7.11 Å². The Balaban J connectivity index is 1.55. The van der Waals surface area contributed by atoms with Crippen molar-refractivity contribution >= 4 is 16.9 Å². The fourth-order valence-electron chi connectivity index (χ4n) is 3.71. The Morgan fingerprint density at radius 2 is 1.87 bits per heavy atom. The van der Waals surface area contributed by atoms with Crippen LogP contribution < -0.4 is 10.1 Å². The van der Waals surface area contributed by atoms with Crippen LogP contribution in [0, 0.1) is 12.8 Å². The van der Waals surface area contributed by atoms with Crippen LogP contribution in [0.3, 0.4) is 0 Å². The predicted octanol–water partition coefficient (Wildman–Crippen LogP) is 4.33. The summed E-state index contributed by atoms with van der Waals surface area (Å²) in [7, 11) is 1.64. The zero-order chi connectivity index (χ0) is 22.0. The highest BCUT2D eigenvalue weighted by Crippen LogP contribution is 2.27. The molecule has 7 heteroatoms. The zero-order valence-corrected chi connectivity index (χ0v) is 18.2. The van der Waals surface area contributed by atoms with Crippen molar-refractivity contribution in [3.05, 3.63) is 65.6 Å². The lowest BCUT2D eigenvalue weighted by molar-refractivity contribution is -0.121. The summed E-state index contributed by atoms with van der Waals surface area (Å²) in [5, 5.41) is 10.6. The summed E-state index contributed by atoms with van der Waals surface area (Å²) in [5.41, 5.74) is 5.33. The second kappa shape index (κ2) is 8.63. The van der Waals surface area contributed by atoms with Gasteiger partial charge in [0.1, 0.15) is 11.6 Å². The van der Waals surface area contributed by atoms with E-state index < -0.39 is 0 Å². The summed E-state index contributed by atoms with van der Waals surface area (Å²) in [6, 6.07) is 15.3. The third-order valence-corrected chi connectivity index (χ3v) is 5.46. The van der Waals surface area contributed by atoms with E-state index in [4.69, 9.17) is 4.74 Å². The van der Waals surface area contributed by atoms with E-state index in [0.29, 0.717) is 0 Å². The number of amides is 1. The number of methoxy groups -OCH3 is 1. The first-order valence-corrected chi connectivity index (χ1v) is 10.4. The standard InChI is InChI=1S/C24H27N5O2/c1-14(2)22(24-25-19-7-5-6-8-20(19)26-24)27-21(30)13-18-15(3)28-29-23(18)16-9-11-17(31-4)12-10-16/h5-12,14,22H,13H2,1-4H3,(H,25,26)(H,27,30)(H,28,29)/t22-/m0/s1. The lowest BCUT2D eigenvalue weighted by atomic mass is 10.0. The summed E-state index contributed by atoms with van der Waals surface area (Å²) in [4.78, 5) is 21.1. The number of nitrogens with one attached hydrogen (secondary N) is 3. The van der Waals surface area contributed by atoms with Gasteiger partial charge in [0.05, 0.1) is 36.3 Å². The van der Waals surface area contributed by atoms with Gasteiger partial charge in [-0.15, -0.1) is 0 Å². The number of H-pyrrole nitrogens is 2. The predicted molar refractivity (Wildman–Crippen MR) is 121 cm³/mol. The highest BCUT2D eigenvalue weighted by atomic mass is 16.5. The average Bonchev–Trinajstić information content (AvgIpc) is 3.35. The Morgan fingerprint density at radius 1 is 1.13 bits per heavy atom. The number of imidazole rings is 1. The highest BCUT2D eigenvalue weighted by molar-refractivity contribution is 5.82. The molecule has 0 aliphatic rings. The summed E-state index contributed by atoms with van der Waals surface area (Å²) in [6.07, 6.45) is 0.229. The molecule has 0 radical (unpaired) electrons. The topological polar surface area (TPSA) is 95.7 Å². The van der Waals surface area contributed by atoms with Crippen LogP contribution in [0.2, 0.25) is 0 Å². The first-order chi connectivity index (χ1) is 15.0. The number of ether oxygens (including phenoxy) is 1. The van der Waals surface area contributed by atoms with Crippen molar-refractivity contribution in [2.45, 2.75) is 33.2 Å². The van der Waals surface area contributed by atoms with Crippen molar-refractivity contribution in [3.8, 4) is 17.0 Å². The Kier molecular flexibility index (Phi) is 5.75. The van der Waals surface area contributed by atoms with Gasteiger partial charge in [-0.3, -0.25) is 9.89 Å². The quantitative estimate of drug-likeness (QED) is 0.417. The summed E-state index contributed by atoms with van der Waals surface area (Å²) >= 11 is 0. The maximum Gasteiger partial charge on any atom is 0.225 e. The molecule has 0 saturated heterocycles. The van der Waals surface area contributed by atoms with E-state index in [2.05, 4.69) is 39.3 Å². The lowest BCUT2D eigenvalue weighted by Gasteiger charge is -2.20. The molecule has 0 spiro atoms. The van der Waals surface area contributed by atoms with Gasteiger partial charge >= 0.3 is 0 Å². The van der Waals surface area contributed by atoms with Crippen LogP contribution in [0.25, 0.3) is 22.3 Å². The van der Waals surface area contributed by atoms with Gasteiger partial charge < -0.3 is 15.0 Å². The number of hydrogen-bond acceptors (Lipinski definition) is 4. The molecule has 1 amide bonds. The van der Waals surface area contributed by atoms with Crippen molar-refractivity contribution in [1.82, 2.24) is 25.5 Å². The maximum atomic E-state index is 13.0. The van der Waals surface area contributed by atoms with E-state index >= 15 is 0 Å². The number of carbonyl (C=O) groups excluding carboxylic acids is 1. The number of benzene rings is 2. The molecule has 2 aromatic heterocycles. The number of nitrogens with zero attached hydrogens (tertiary/aromatic N) is 2. The van der Waals surface area contributed by atoms with E-state index in [1.54, 1.807) is 7.11 Å². The number of hydrogen-bond donors (Lipinski definition) is 3. The van der Waals surface area contributed by atoms with Crippen molar-refractivity contribution in [3.63, 3.8) is 0 Å². The normalized spacial score (nSPS) is 12.3. The second-order valence-corrected chi connectivity index (χ2v) is 8.01. The molecule has 0 aliphatic heterocycles. The molecule has 4 rings (SSSR count). The van der Waals surface area contributed by atoms with Gasteiger partial charge in [0.15, 0.2) is 0 Å². The van der Waals surface area contributed by atoms with Gasteiger partial charge in [0.2, 0.25) is 5.91 Å². The molecule has 2 aromatic carbocycles. The molecule has 160 valence electrons. The number of aryl methyl sites for hydroxylation is 1. The Bertz CT molecular complexity index is 1160. The monoisotopic (exact) mass is 417 g/mol. The van der Waals surface area contributed by atoms with Crippen LogP contribution >= 0.6 is 0 Å². The molecule has 0 bridgehead atoms. The Morgan fingerprint density at radius 3 is 2.55 bits per heavy atom. The first kappa shape index (κ1) is 20.7. The van der Waals surface area contributed by atoms with Gasteiger partial charge in [-0.05, 0) is 49.2 Å². The molecule has 0 saturated carbocycles. The minimum atomic E-state index is -0.212. The van der Waals surface area contributed by atoms with E-state index in [9.17, 15) is 4.79 Å². The third-order valence-electron chi connectivity index (χ3n) is 5.46. The molecule has 0 unspecified atom stereocenters. The highest BCUT2D eigenvalue weighted by Gasteiger charge is 2.23. The SMILES string of the molecule is COc1ccc(-c2n[nH]c(C)c2CC(=O)N[C@H](c2nc3ccccc3[nH]2)C(C)C)cc1. The molecule has 4 aromatic rings.